The van der Waals surface area contributed by atoms with Crippen LogP contribution in [0.4, 0.5) is 4.39 Å². The number of hydrogen-bond acceptors (Lipinski definition) is 6. The summed E-state index contributed by atoms with van der Waals surface area (Å²) in [5.74, 6) is -0.719. The lowest BCUT2D eigenvalue weighted by molar-refractivity contribution is 0.277. The SMILES string of the molecule is CS(=O)(=O)c1ccc(Cn2c(=O)[nH]c3cnc4nc(CO)ccc4c32)c(F)c1. The summed E-state index contributed by atoms with van der Waals surface area (Å²) in [4.78, 5) is 23.4. The number of sulfone groups is 1. The van der Waals surface area contributed by atoms with Crippen LogP contribution in [0.1, 0.15) is 11.3 Å². The summed E-state index contributed by atoms with van der Waals surface area (Å²) < 4.78 is 39.0. The topological polar surface area (TPSA) is 118 Å². The van der Waals surface area contributed by atoms with Gasteiger partial charge >= 0.3 is 5.69 Å². The number of nitrogens with zero attached hydrogens (tertiary/aromatic N) is 3. The molecular weight excluding hydrogens is 387 g/mol. The number of imidazole rings is 1. The molecule has 0 spiro atoms. The monoisotopic (exact) mass is 402 g/mol. The minimum atomic E-state index is -3.53. The predicted molar refractivity (Wildman–Crippen MR) is 100 cm³/mol. The number of benzene rings is 1. The fourth-order valence-corrected chi connectivity index (χ4v) is 3.70. The summed E-state index contributed by atoms with van der Waals surface area (Å²) in [6.45, 7) is -0.344. The van der Waals surface area contributed by atoms with Crippen LogP contribution in [0, 0.1) is 5.82 Å². The van der Waals surface area contributed by atoms with Crippen molar-refractivity contribution in [2.24, 2.45) is 0 Å². The number of aliphatic hydroxyl groups is 1. The molecule has 4 rings (SSSR count). The standard InChI is InChI=1S/C18H15FN4O4S/c1-28(26,27)12-4-2-10(14(19)6-12)8-23-16-13-5-3-11(9-24)21-17(13)20-7-15(16)22-18(23)25/h2-7,24H,8-9H2,1H3,(H,22,25). The quantitative estimate of drug-likeness (QED) is 0.532. The Bertz CT molecular complexity index is 1390. The molecule has 0 aliphatic heterocycles. The predicted octanol–water partition coefficient (Wildman–Crippen LogP) is 1.36. The molecule has 0 bridgehead atoms. The Morgan fingerprint density at radius 3 is 2.71 bits per heavy atom. The summed E-state index contributed by atoms with van der Waals surface area (Å²) >= 11 is 0. The van der Waals surface area contributed by atoms with Gasteiger partial charge in [0.1, 0.15) is 5.82 Å². The third-order valence-electron chi connectivity index (χ3n) is 4.46. The van der Waals surface area contributed by atoms with Gasteiger partial charge in [-0.05, 0) is 24.3 Å². The van der Waals surface area contributed by atoms with Crippen molar-refractivity contribution in [1.82, 2.24) is 19.5 Å². The van der Waals surface area contributed by atoms with Crippen LogP contribution in [-0.2, 0) is 23.0 Å². The maximum atomic E-state index is 14.5. The smallest absolute Gasteiger partial charge is 0.326 e. The Labute approximate surface area is 158 Å². The lowest BCUT2D eigenvalue weighted by atomic mass is 10.2. The molecule has 1 aromatic carbocycles. The zero-order valence-corrected chi connectivity index (χ0v) is 15.5. The number of H-pyrrole nitrogens is 1. The van der Waals surface area contributed by atoms with Gasteiger partial charge in [-0.15, -0.1) is 0 Å². The number of nitrogens with one attached hydrogen (secondary N) is 1. The van der Waals surface area contributed by atoms with E-state index < -0.39 is 21.3 Å². The van der Waals surface area contributed by atoms with Gasteiger partial charge in [-0.25, -0.2) is 27.6 Å². The summed E-state index contributed by atoms with van der Waals surface area (Å²) in [6, 6.07) is 6.91. The minimum absolute atomic E-state index is 0.102. The first-order chi connectivity index (χ1) is 13.3. The number of halogens is 1. The lowest BCUT2D eigenvalue weighted by Gasteiger charge is -2.08. The molecule has 0 saturated carbocycles. The Balaban J connectivity index is 1.88. The zero-order chi connectivity index (χ0) is 20.1. The Kier molecular flexibility index (Phi) is 4.24. The van der Waals surface area contributed by atoms with E-state index in [1.54, 1.807) is 12.1 Å². The van der Waals surface area contributed by atoms with Gasteiger partial charge in [-0.3, -0.25) is 4.57 Å². The van der Waals surface area contributed by atoms with Crippen LogP contribution in [0.15, 0.2) is 46.2 Å². The molecule has 10 heteroatoms. The highest BCUT2D eigenvalue weighted by molar-refractivity contribution is 7.90. The molecule has 0 aliphatic carbocycles. The summed E-state index contributed by atoms with van der Waals surface area (Å²) in [7, 11) is -3.53. The number of hydrogen-bond donors (Lipinski definition) is 2. The maximum Gasteiger partial charge on any atom is 0.326 e. The van der Waals surface area contributed by atoms with Crippen molar-refractivity contribution in [3.05, 3.63) is 64.1 Å². The molecule has 0 unspecified atom stereocenters. The van der Waals surface area contributed by atoms with E-state index in [1.165, 1.54) is 22.9 Å². The summed E-state index contributed by atoms with van der Waals surface area (Å²) in [5, 5.41) is 9.81. The number of fused-ring (bicyclic) bond motifs is 3. The van der Waals surface area contributed by atoms with E-state index >= 15 is 0 Å². The lowest BCUT2D eigenvalue weighted by Crippen LogP contribution is -2.18. The van der Waals surface area contributed by atoms with E-state index in [4.69, 9.17) is 0 Å². The first kappa shape index (κ1) is 18.3. The van der Waals surface area contributed by atoms with Crippen LogP contribution in [0.25, 0.3) is 22.1 Å². The molecule has 2 N–H and O–H groups in total. The van der Waals surface area contributed by atoms with E-state index in [-0.39, 0.29) is 23.6 Å². The molecule has 3 heterocycles. The second-order valence-electron chi connectivity index (χ2n) is 6.39. The third kappa shape index (κ3) is 3.06. The van der Waals surface area contributed by atoms with Crippen molar-refractivity contribution in [2.75, 3.05) is 6.26 Å². The first-order valence-corrected chi connectivity index (χ1v) is 10.1. The molecule has 0 atom stereocenters. The van der Waals surface area contributed by atoms with E-state index in [1.807, 2.05) is 0 Å². The molecule has 0 aliphatic rings. The average molecular weight is 402 g/mol. The van der Waals surface area contributed by atoms with Crippen LogP contribution in [0.3, 0.4) is 0 Å². The molecular formula is C18H15FN4O4S. The molecule has 144 valence electrons. The Morgan fingerprint density at radius 1 is 1.25 bits per heavy atom. The van der Waals surface area contributed by atoms with Crippen LogP contribution >= 0.6 is 0 Å². The molecule has 0 saturated heterocycles. The molecule has 4 aromatic rings. The molecule has 0 amide bonds. The van der Waals surface area contributed by atoms with Crippen LogP contribution in [0.5, 0.6) is 0 Å². The van der Waals surface area contributed by atoms with Crippen molar-refractivity contribution >= 4 is 31.9 Å². The zero-order valence-electron chi connectivity index (χ0n) is 14.7. The molecule has 28 heavy (non-hydrogen) atoms. The van der Waals surface area contributed by atoms with Gasteiger partial charge in [0.25, 0.3) is 0 Å². The fourth-order valence-electron chi connectivity index (χ4n) is 3.07. The van der Waals surface area contributed by atoms with E-state index in [0.717, 1.165) is 12.3 Å². The van der Waals surface area contributed by atoms with Crippen molar-refractivity contribution in [3.8, 4) is 0 Å². The van der Waals surface area contributed by atoms with E-state index in [2.05, 4.69) is 15.0 Å². The normalized spacial score (nSPS) is 12.1. The van der Waals surface area contributed by atoms with Gasteiger partial charge < -0.3 is 10.1 Å². The number of rotatable bonds is 4. The maximum absolute atomic E-state index is 14.5. The second-order valence-corrected chi connectivity index (χ2v) is 8.41. The number of pyridine rings is 2. The highest BCUT2D eigenvalue weighted by atomic mass is 32.2. The van der Waals surface area contributed by atoms with Crippen molar-refractivity contribution < 1.29 is 17.9 Å². The largest absolute Gasteiger partial charge is 0.390 e. The Morgan fingerprint density at radius 2 is 2.04 bits per heavy atom. The van der Waals surface area contributed by atoms with E-state index in [9.17, 15) is 22.7 Å². The van der Waals surface area contributed by atoms with Gasteiger partial charge in [-0.2, -0.15) is 0 Å². The highest BCUT2D eigenvalue weighted by Crippen LogP contribution is 2.23. The highest BCUT2D eigenvalue weighted by Gasteiger charge is 2.16. The third-order valence-corrected chi connectivity index (χ3v) is 5.57. The molecule has 0 radical (unpaired) electrons. The van der Waals surface area contributed by atoms with Gasteiger partial charge in [-0.1, -0.05) is 6.07 Å². The van der Waals surface area contributed by atoms with Gasteiger partial charge in [0, 0.05) is 17.2 Å². The molecule has 0 fully saturated rings. The fraction of sp³-hybridized carbons (Fsp3) is 0.167. The van der Waals surface area contributed by atoms with Gasteiger partial charge in [0.2, 0.25) is 0 Å². The van der Waals surface area contributed by atoms with Crippen molar-refractivity contribution in [1.29, 1.82) is 0 Å². The van der Waals surface area contributed by atoms with Gasteiger partial charge in [0.15, 0.2) is 15.5 Å². The first-order valence-electron chi connectivity index (χ1n) is 8.24. The van der Waals surface area contributed by atoms with Crippen molar-refractivity contribution in [2.45, 2.75) is 18.0 Å². The van der Waals surface area contributed by atoms with E-state index in [0.29, 0.717) is 27.8 Å². The summed E-state index contributed by atoms with van der Waals surface area (Å²) in [6.07, 6.45) is 2.45. The van der Waals surface area contributed by atoms with Gasteiger partial charge in [0.05, 0.1) is 41.0 Å². The summed E-state index contributed by atoms with van der Waals surface area (Å²) in [5.41, 5.74) is 1.45. The molecule has 3 aromatic heterocycles. The van der Waals surface area contributed by atoms with Crippen LogP contribution in [0.2, 0.25) is 0 Å². The number of aliphatic hydroxyl groups excluding tert-OH is 1. The van der Waals surface area contributed by atoms with Crippen LogP contribution < -0.4 is 5.69 Å². The minimum Gasteiger partial charge on any atom is -0.390 e. The molecule has 8 nitrogen and oxygen atoms in total. The Hall–Kier alpha value is -3.11. The number of aromatic nitrogens is 4. The van der Waals surface area contributed by atoms with Crippen molar-refractivity contribution in [3.63, 3.8) is 0 Å². The van der Waals surface area contributed by atoms with Crippen LogP contribution in [-0.4, -0.2) is 39.3 Å². The average Bonchev–Trinajstić information content (AvgIpc) is 2.97. The number of aromatic amines is 1. The second kappa shape index (κ2) is 6.50.